The zero-order valence-corrected chi connectivity index (χ0v) is 13.3. The molecule has 2 saturated heterocycles. The monoisotopic (exact) mass is 337 g/mol. The van der Waals surface area contributed by atoms with Crippen molar-refractivity contribution in [2.24, 2.45) is 5.92 Å². The van der Waals surface area contributed by atoms with Gasteiger partial charge in [-0.3, -0.25) is 4.90 Å². The summed E-state index contributed by atoms with van der Waals surface area (Å²) in [5.41, 5.74) is 0.235. The van der Waals surface area contributed by atoms with Gasteiger partial charge in [0, 0.05) is 36.9 Å². The number of halogens is 2. The smallest absolute Gasteiger partial charge is 0.319 e. The molecule has 2 N–H and O–H groups in total. The van der Waals surface area contributed by atoms with Crippen LogP contribution >= 0.6 is 0 Å². The van der Waals surface area contributed by atoms with Gasteiger partial charge in [0.05, 0.1) is 12.7 Å². The summed E-state index contributed by atoms with van der Waals surface area (Å²) in [6, 6.07) is 3.31. The predicted octanol–water partition coefficient (Wildman–Crippen LogP) is 2.34. The Morgan fingerprint density at radius 3 is 2.79 bits per heavy atom. The number of urea groups is 1. The van der Waals surface area contributed by atoms with Crippen LogP contribution in [0.4, 0.5) is 19.3 Å². The van der Waals surface area contributed by atoms with Crippen molar-refractivity contribution in [1.29, 1.82) is 0 Å². The number of fused-ring (bicyclic) bond motifs is 1. The van der Waals surface area contributed by atoms with Crippen LogP contribution in [-0.2, 0) is 4.74 Å². The van der Waals surface area contributed by atoms with Crippen molar-refractivity contribution < 1.29 is 18.3 Å². The average molecular weight is 337 g/mol. The van der Waals surface area contributed by atoms with Crippen molar-refractivity contribution in [2.75, 3.05) is 25.0 Å². The molecule has 0 unspecified atom stereocenters. The lowest BCUT2D eigenvalue weighted by atomic mass is 10.1. The van der Waals surface area contributed by atoms with Crippen molar-refractivity contribution in [1.82, 2.24) is 10.2 Å². The fraction of sp³-hybridized carbons (Fsp3) is 0.588. The molecular weight excluding hydrogens is 316 g/mol. The fourth-order valence-electron chi connectivity index (χ4n) is 3.68. The van der Waals surface area contributed by atoms with Crippen LogP contribution in [0, 0.1) is 17.6 Å². The highest BCUT2D eigenvalue weighted by Crippen LogP contribution is 2.37. The van der Waals surface area contributed by atoms with Gasteiger partial charge in [-0.25, -0.2) is 13.6 Å². The summed E-state index contributed by atoms with van der Waals surface area (Å²) in [4.78, 5) is 14.5. The molecule has 2 amide bonds. The molecule has 130 valence electrons. The van der Waals surface area contributed by atoms with Crippen molar-refractivity contribution in [2.45, 2.75) is 37.5 Å². The van der Waals surface area contributed by atoms with E-state index in [1.54, 1.807) is 0 Å². The SMILES string of the molecule is O=C(Nc1ccc(F)c(F)c1)N[C@@H]1C[C@H]2CO[C@@H](C3CC3)CN2C1. The maximum atomic E-state index is 13.2. The zero-order chi connectivity index (χ0) is 16.7. The standard InChI is InChI=1S/C17H21F2N3O2/c18-14-4-3-11(6-15(14)19)20-17(23)21-12-5-13-9-24-16(10-1-2-10)8-22(13)7-12/h3-4,6,10,12-13,16H,1-2,5,7-9H2,(H2,20,21,23)/t12-,13+,16-/m1/s1. The molecule has 24 heavy (non-hydrogen) atoms. The minimum Gasteiger partial charge on any atom is -0.375 e. The van der Waals surface area contributed by atoms with Gasteiger partial charge in [0.2, 0.25) is 0 Å². The first kappa shape index (κ1) is 15.8. The number of hydrogen-bond acceptors (Lipinski definition) is 3. The van der Waals surface area contributed by atoms with E-state index in [1.165, 1.54) is 18.9 Å². The summed E-state index contributed by atoms with van der Waals surface area (Å²) in [6.07, 6.45) is 3.72. The van der Waals surface area contributed by atoms with Gasteiger partial charge in [0.1, 0.15) is 0 Å². The molecule has 0 bridgehead atoms. The number of hydrogen-bond donors (Lipinski definition) is 2. The number of benzene rings is 1. The minimum atomic E-state index is -0.978. The molecule has 1 saturated carbocycles. The molecular formula is C17H21F2N3O2. The highest BCUT2D eigenvalue weighted by atomic mass is 19.2. The van der Waals surface area contributed by atoms with Crippen LogP contribution in [0.3, 0.4) is 0 Å². The Balaban J connectivity index is 1.29. The molecule has 5 nitrogen and oxygen atoms in total. The lowest BCUT2D eigenvalue weighted by Gasteiger charge is -2.35. The molecule has 3 aliphatic rings. The number of nitrogens with one attached hydrogen (secondary N) is 2. The summed E-state index contributed by atoms with van der Waals surface area (Å²) in [5, 5.41) is 5.46. The molecule has 1 aromatic rings. The third-order valence-corrected chi connectivity index (χ3v) is 5.11. The van der Waals surface area contributed by atoms with Crippen LogP contribution < -0.4 is 10.6 Å². The molecule has 1 aromatic carbocycles. The molecule has 4 rings (SSSR count). The van der Waals surface area contributed by atoms with E-state index < -0.39 is 17.7 Å². The summed E-state index contributed by atoms with van der Waals surface area (Å²) in [7, 11) is 0. The van der Waals surface area contributed by atoms with Gasteiger partial charge in [0.15, 0.2) is 11.6 Å². The largest absolute Gasteiger partial charge is 0.375 e. The minimum absolute atomic E-state index is 0.0434. The van der Waals surface area contributed by atoms with Gasteiger partial charge < -0.3 is 15.4 Å². The number of carbonyl (C=O) groups excluding carboxylic acids is 1. The summed E-state index contributed by atoms with van der Waals surface area (Å²) < 4.78 is 32.0. The maximum absolute atomic E-state index is 13.2. The third-order valence-electron chi connectivity index (χ3n) is 5.11. The predicted molar refractivity (Wildman–Crippen MR) is 84.7 cm³/mol. The first-order valence-electron chi connectivity index (χ1n) is 8.46. The van der Waals surface area contributed by atoms with Crippen LogP contribution in [-0.4, -0.2) is 48.8 Å². The molecule has 1 aliphatic carbocycles. The van der Waals surface area contributed by atoms with Gasteiger partial charge in [-0.05, 0) is 37.3 Å². The number of anilines is 1. The third kappa shape index (κ3) is 3.37. The molecule has 2 heterocycles. The number of rotatable bonds is 3. The molecule has 0 spiro atoms. The Hall–Kier alpha value is -1.73. The lowest BCUT2D eigenvalue weighted by Crippen LogP contribution is -2.47. The van der Waals surface area contributed by atoms with Gasteiger partial charge in [-0.2, -0.15) is 0 Å². The number of amides is 2. The van der Waals surface area contributed by atoms with E-state index in [1.807, 2.05) is 0 Å². The second-order valence-electron chi connectivity index (χ2n) is 6.98. The van der Waals surface area contributed by atoms with Gasteiger partial charge in [-0.15, -0.1) is 0 Å². The van der Waals surface area contributed by atoms with Crippen LogP contribution in [0.25, 0.3) is 0 Å². The van der Waals surface area contributed by atoms with Crippen molar-refractivity contribution in [3.63, 3.8) is 0 Å². The summed E-state index contributed by atoms with van der Waals surface area (Å²) in [5.74, 6) is -1.19. The maximum Gasteiger partial charge on any atom is 0.319 e. The number of ether oxygens (including phenoxy) is 1. The molecule has 2 aliphatic heterocycles. The van der Waals surface area contributed by atoms with Crippen molar-refractivity contribution in [3.8, 4) is 0 Å². The normalized spacial score (nSPS) is 30.0. The van der Waals surface area contributed by atoms with E-state index >= 15 is 0 Å². The van der Waals surface area contributed by atoms with Crippen LogP contribution in [0.1, 0.15) is 19.3 Å². The first-order chi connectivity index (χ1) is 11.6. The Morgan fingerprint density at radius 2 is 2.04 bits per heavy atom. The van der Waals surface area contributed by atoms with Gasteiger partial charge >= 0.3 is 6.03 Å². The van der Waals surface area contributed by atoms with E-state index in [0.29, 0.717) is 12.1 Å². The number of morpholine rings is 1. The Morgan fingerprint density at radius 1 is 1.21 bits per heavy atom. The van der Waals surface area contributed by atoms with Crippen molar-refractivity contribution in [3.05, 3.63) is 29.8 Å². The molecule has 0 radical (unpaired) electrons. The van der Waals surface area contributed by atoms with E-state index in [2.05, 4.69) is 15.5 Å². The van der Waals surface area contributed by atoms with E-state index in [9.17, 15) is 13.6 Å². The lowest BCUT2D eigenvalue weighted by molar-refractivity contribution is -0.0581. The van der Waals surface area contributed by atoms with E-state index in [-0.39, 0.29) is 11.7 Å². The molecule has 0 aromatic heterocycles. The number of nitrogens with zero attached hydrogens (tertiary/aromatic N) is 1. The van der Waals surface area contributed by atoms with Crippen molar-refractivity contribution >= 4 is 11.7 Å². The van der Waals surface area contributed by atoms with E-state index in [0.717, 1.165) is 44.2 Å². The number of carbonyl (C=O) groups is 1. The quantitative estimate of drug-likeness (QED) is 0.890. The van der Waals surface area contributed by atoms with Gasteiger partial charge in [-0.1, -0.05) is 0 Å². The summed E-state index contributed by atoms with van der Waals surface area (Å²) in [6.45, 7) is 2.48. The average Bonchev–Trinajstić information content (AvgIpc) is 3.31. The highest BCUT2D eigenvalue weighted by Gasteiger charge is 2.42. The zero-order valence-electron chi connectivity index (χ0n) is 13.3. The first-order valence-corrected chi connectivity index (χ1v) is 8.46. The molecule has 7 heteroatoms. The summed E-state index contributed by atoms with van der Waals surface area (Å²) >= 11 is 0. The van der Waals surface area contributed by atoms with Crippen LogP contribution in [0.5, 0.6) is 0 Å². The Bertz CT molecular complexity index is 638. The van der Waals surface area contributed by atoms with Crippen LogP contribution in [0.15, 0.2) is 18.2 Å². The Kier molecular flexibility index (Phi) is 4.14. The van der Waals surface area contributed by atoms with E-state index in [4.69, 9.17) is 4.74 Å². The highest BCUT2D eigenvalue weighted by molar-refractivity contribution is 5.89. The molecule has 3 atom stereocenters. The second kappa shape index (κ2) is 6.29. The topological polar surface area (TPSA) is 53.6 Å². The Labute approximate surface area is 139 Å². The second-order valence-corrected chi connectivity index (χ2v) is 6.98. The molecule has 3 fully saturated rings. The van der Waals surface area contributed by atoms with Gasteiger partial charge in [0.25, 0.3) is 0 Å². The van der Waals surface area contributed by atoms with Crippen LogP contribution in [0.2, 0.25) is 0 Å². The fourth-order valence-corrected chi connectivity index (χ4v) is 3.68.